The highest BCUT2D eigenvalue weighted by Gasteiger charge is 2.29. The van der Waals surface area contributed by atoms with Gasteiger partial charge in [0.2, 0.25) is 0 Å². The Kier molecular flexibility index (Phi) is 3.30. The third-order valence-corrected chi connectivity index (χ3v) is 2.91. The molecule has 1 aliphatic heterocycles. The van der Waals surface area contributed by atoms with E-state index in [9.17, 15) is 0 Å². The van der Waals surface area contributed by atoms with Crippen LogP contribution in [0.1, 0.15) is 5.69 Å². The predicted octanol–water partition coefficient (Wildman–Crippen LogP) is -0.167. The first-order chi connectivity index (χ1) is 7.29. The van der Waals surface area contributed by atoms with E-state index in [-0.39, 0.29) is 18.6 Å². The normalized spacial score (nSPS) is 27.1. The maximum absolute atomic E-state index is 9.10. The van der Waals surface area contributed by atoms with Gasteiger partial charge in [-0.1, -0.05) is 6.07 Å². The second-order valence-corrected chi connectivity index (χ2v) is 4.12. The van der Waals surface area contributed by atoms with E-state index in [1.807, 2.05) is 18.2 Å². The van der Waals surface area contributed by atoms with Gasteiger partial charge in [0.1, 0.15) is 0 Å². The Balaban J connectivity index is 1.92. The SMILES string of the molecule is N[C@H]1CN(Cc2ccccn2)C[C@@H]1CO. The van der Waals surface area contributed by atoms with Gasteiger partial charge in [0, 0.05) is 44.4 Å². The number of aromatic nitrogens is 1. The van der Waals surface area contributed by atoms with E-state index in [0.29, 0.717) is 0 Å². The lowest BCUT2D eigenvalue weighted by Crippen LogP contribution is -2.31. The summed E-state index contributed by atoms with van der Waals surface area (Å²) in [5.74, 6) is 0.216. The Morgan fingerprint density at radius 3 is 2.93 bits per heavy atom. The number of aliphatic hydroxyl groups excluding tert-OH is 1. The molecule has 0 aromatic carbocycles. The van der Waals surface area contributed by atoms with E-state index in [2.05, 4.69) is 9.88 Å². The van der Waals surface area contributed by atoms with Crippen molar-refractivity contribution in [2.45, 2.75) is 12.6 Å². The van der Waals surface area contributed by atoms with E-state index in [4.69, 9.17) is 10.8 Å². The molecule has 0 aliphatic carbocycles. The molecule has 1 aliphatic rings. The largest absolute Gasteiger partial charge is 0.396 e. The number of nitrogens with zero attached hydrogens (tertiary/aromatic N) is 2. The molecule has 0 bridgehead atoms. The van der Waals surface area contributed by atoms with E-state index >= 15 is 0 Å². The first-order valence-corrected chi connectivity index (χ1v) is 5.28. The minimum absolute atomic E-state index is 0.0960. The fourth-order valence-electron chi connectivity index (χ4n) is 2.03. The zero-order valence-corrected chi connectivity index (χ0v) is 8.71. The van der Waals surface area contributed by atoms with Crippen molar-refractivity contribution in [2.24, 2.45) is 11.7 Å². The minimum atomic E-state index is 0.0960. The van der Waals surface area contributed by atoms with E-state index < -0.39 is 0 Å². The van der Waals surface area contributed by atoms with Gasteiger partial charge in [-0.2, -0.15) is 0 Å². The summed E-state index contributed by atoms with van der Waals surface area (Å²) in [6.45, 7) is 2.72. The van der Waals surface area contributed by atoms with Gasteiger partial charge in [-0.15, -0.1) is 0 Å². The van der Waals surface area contributed by atoms with Crippen molar-refractivity contribution in [3.63, 3.8) is 0 Å². The maximum Gasteiger partial charge on any atom is 0.0543 e. The predicted molar refractivity (Wildman–Crippen MR) is 58.1 cm³/mol. The van der Waals surface area contributed by atoms with Gasteiger partial charge in [0.15, 0.2) is 0 Å². The van der Waals surface area contributed by atoms with Crippen LogP contribution in [0.2, 0.25) is 0 Å². The van der Waals surface area contributed by atoms with Gasteiger partial charge in [0.25, 0.3) is 0 Å². The van der Waals surface area contributed by atoms with Crippen molar-refractivity contribution >= 4 is 0 Å². The zero-order valence-electron chi connectivity index (χ0n) is 8.71. The molecule has 1 fully saturated rings. The molecule has 1 aromatic rings. The topological polar surface area (TPSA) is 62.4 Å². The van der Waals surface area contributed by atoms with Gasteiger partial charge in [0.05, 0.1) is 5.69 Å². The Bertz CT molecular complexity index is 304. The van der Waals surface area contributed by atoms with Crippen molar-refractivity contribution in [1.82, 2.24) is 9.88 Å². The molecule has 2 rings (SSSR count). The first-order valence-electron chi connectivity index (χ1n) is 5.28. The lowest BCUT2D eigenvalue weighted by atomic mass is 10.1. The highest BCUT2D eigenvalue weighted by molar-refractivity contribution is 5.04. The van der Waals surface area contributed by atoms with E-state index in [1.54, 1.807) is 6.20 Å². The summed E-state index contributed by atoms with van der Waals surface area (Å²) in [5, 5.41) is 9.10. The van der Waals surface area contributed by atoms with Crippen LogP contribution in [0.3, 0.4) is 0 Å². The monoisotopic (exact) mass is 207 g/mol. The van der Waals surface area contributed by atoms with E-state index in [0.717, 1.165) is 25.3 Å². The number of rotatable bonds is 3. The van der Waals surface area contributed by atoms with Gasteiger partial charge >= 0.3 is 0 Å². The maximum atomic E-state index is 9.10. The number of hydrogen-bond donors (Lipinski definition) is 2. The average molecular weight is 207 g/mol. The van der Waals surface area contributed by atoms with Crippen LogP contribution in [0.15, 0.2) is 24.4 Å². The highest BCUT2D eigenvalue weighted by Crippen LogP contribution is 2.16. The molecule has 4 heteroatoms. The molecule has 1 saturated heterocycles. The molecule has 0 radical (unpaired) electrons. The quantitative estimate of drug-likeness (QED) is 0.722. The summed E-state index contributed by atoms with van der Waals surface area (Å²) in [6.07, 6.45) is 1.80. The second-order valence-electron chi connectivity index (χ2n) is 4.12. The van der Waals surface area contributed by atoms with Crippen LogP contribution in [0, 0.1) is 5.92 Å². The van der Waals surface area contributed by atoms with Crippen LogP contribution >= 0.6 is 0 Å². The molecule has 15 heavy (non-hydrogen) atoms. The number of likely N-dealkylation sites (tertiary alicyclic amines) is 1. The van der Waals surface area contributed by atoms with Crippen molar-refractivity contribution in [3.8, 4) is 0 Å². The van der Waals surface area contributed by atoms with Gasteiger partial charge in [-0.25, -0.2) is 0 Å². The van der Waals surface area contributed by atoms with Crippen LogP contribution in [0.25, 0.3) is 0 Å². The Hall–Kier alpha value is -0.970. The summed E-state index contributed by atoms with van der Waals surface area (Å²) >= 11 is 0. The fourth-order valence-corrected chi connectivity index (χ4v) is 2.03. The average Bonchev–Trinajstić information content (AvgIpc) is 2.60. The number of hydrogen-bond acceptors (Lipinski definition) is 4. The molecule has 0 amide bonds. The van der Waals surface area contributed by atoms with Crippen molar-refractivity contribution in [2.75, 3.05) is 19.7 Å². The number of pyridine rings is 1. The van der Waals surface area contributed by atoms with Crippen LogP contribution in [-0.4, -0.2) is 40.7 Å². The standard InChI is InChI=1S/C11H17N3O/c12-11-7-14(5-9(11)8-15)6-10-3-1-2-4-13-10/h1-4,9,11,15H,5-8,12H2/t9-,11+/m1/s1. The van der Waals surface area contributed by atoms with Crippen LogP contribution in [0.5, 0.6) is 0 Å². The molecular formula is C11H17N3O. The minimum Gasteiger partial charge on any atom is -0.396 e. The molecule has 82 valence electrons. The lowest BCUT2D eigenvalue weighted by molar-refractivity contribution is 0.214. The van der Waals surface area contributed by atoms with Crippen molar-refractivity contribution in [3.05, 3.63) is 30.1 Å². The molecule has 4 nitrogen and oxygen atoms in total. The van der Waals surface area contributed by atoms with Gasteiger partial charge < -0.3 is 10.8 Å². The molecule has 2 heterocycles. The van der Waals surface area contributed by atoms with Crippen LogP contribution in [-0.2, 0) is 6.54 Å². The molecule has 3 N–H and O–H groups in total. The molecule has 0 spiro atoms. The smallest absolute Gasteiger partial charge is 0.0543 e. The number of aliphatic hydroxyl groups is 1. The fraction of sp³-hybridized carbons (Fsp3) is 0.545. The lowest BCUT2D eigenvalue weighted by Gasteiger charge is -2.14. The molecule has 2 atom stereocenters. The molecular weight excluding hydrogens is 190 g/mol. The van der Waals surface area contributed by atoms with Crippen LogP contribution in [0.4, 0.5) is 0 Å². The third-order valence-electron chi connectivity index (χ3n) is 2.91. The Morgan fingerprint density at radius 2 is 2.33 bits per heavy atom. The molecule has 0 unspecified atom stereocenters. The summed E-state index contributed by atoms with van der Waals surface area (Å²) in [7, 11) is 0. The second kappa shape index (κ2) is 4.70. The summed E-state index contributed by atoms with van der Waals surface area (Å²) in [6, 6.07) is 6.01. The van der Waals surface area contributed by atoms with E-state index in [1.165, 1.54) is 0 Å². The van der Waals surface area contributed by atoms with Crippen LogP contribution < -0.4 is 5.73 Å². The van der Waals surface area contributed by atoms with Crippen molar-refractivity contribution < 1.29 is 5.11 Å². The van der Waals surface area contributed by atoms with Crippen molar-refractivity contribution in [1.29, 1.82) is 0 Å². The summed E-state index contributed by atoms with van der Waals surface area (Å²) in [5.41, 5.74) is 6.97. The molecule has 0 saturated carbocycles. The highest BCUT2D eigenvalue weighted by atomic mass is 16.3. The summed E-state index contributed by atoms with van der Waals surface area (Å²) in [4.78, 5) is 6.52. The molecule has 1 aromatic heterocycles. The van der Waals surface area contributed by atoms with Gasteiger partial charge in [-0.05, 0) is 12.1 Å². The van der Waals surface area contributed by atoms with Gasteiger partial charge in [-0.3, -0.25) is 9.88 Å². The first kappa shape index (κ1) is 10.5. The Labute approximate surface area is 89.7 Å². The third kappa shape index (κ3) is 2.53. The zero-order chi connectivity index (χ0) is 10.7. The summed E-state index contributed by atoms with van der Waals surface area (Å²) < 4.78 is 0. The Morgan fingerprint density at radius 1 is 1.47 bits per heavy atom. The number of nitrogens with two attached hydrogens (primary N) is 1.